The lowest BCUT2D eigenvalue weighted by Gasteiger charge is -2.11. The Bertz CT molecular complexity index is 576. The number of pyridine rings is 1. The van der Waals surface area contributed by atoms with Crippen molar-refractivity contribution in [1.82, 2.24) is 4.98 Å². The smallest absolute Gasteiger partial charge is 0.136 e. The lowest BCUT2D eigenvalue weighted by molar-refractivity contribution is 0.282. The Kier molecular flexibility index (Phi) is 2.76. The van der Waals surface area contributed by atoms with Crippen LogP contribution in [0.15, 0.2) is 36.4 Å². The maximum atomic E-state index is 9.22. The fourth-order valence-corrected chi connectivity index (χ4v) is 2.11. The molecule has 0 aliphatic carbocycles. The molecule has 2 aromatic rings. The van der Waals surface area contributed by atoms with E-state index in [4.69, 9.17) is 0 Å². The molecule has 0 saturated carbocycles. The van der Waals surface area contributed by atoms with Gasteiger partial charge in [0, 0.05) is 24.3 Å². The van der Waals surface area contributed by atoms with E-state index in [1.807, 2.05) is 31.2 Å². The first-order chi connectivity index (χ1) is 8.78. The van der Waals surface area contributed by atoms with E-state index in [-0.39, 0.29) is 6.61 Å². The monoisotopic (exact) mass is 240 g/mol. The molecular weight excluding hydrogens is 224 g/mol. The van der Waals surface area contributed by atoms with Crippen molar-refractivity contribution in [1.29, 1.82) is 0 Å². The van der Waals surface area contributed by atoms with Crippen LogP contribution < -0.4 is 4.90 Å². The van der Waals surface area contributed by atoms with Crippen molar-refractivity contribution >= 4 is 5.82 Å². The summed E-state index contributed by atoms with van der Waals surface area (Å²) in [6.45, 7) is 4.26. The fourth-order valence-electron chi connectivity index (χ4n) is 2.11. The molecule has 0 bridgehead atoms. The van der Waals surface area contributed by atoms with E-state index in [9.17, 15) is 5.11 Å². The summed E-state index contributed by atoms with van der Waals surface area (Å²) in [7, 11) is 0. The van der Waals surface area contributed by atoms with Gasteiger partial charge in [-0.3, -0.25) is 0 Å². The van der Waals surface area contributed by atoms with Gasteiger partial charge in [-0.25, -0.2) is 4.98 Å². The topological polar surface area (TPSA) is 36.1 Å². The van der Waals surface area contributed by atoms with Gasteiger partial charge in [-0.2, -0.15) is 0 Å². The van der Waals surface area contributed by atoms with Crippen molar-refractivity contribution in [2.75, 3.05) is 18.0 Å². The Morgan fingerprint density at radius 3 is 2.78 bits per heavy atom. The summed E-state index contributed by atoms with van der Waals surface area (Å²) < 4.78 is 0. The molecule has 1 saturated heterocycles. The highest BCUT2D eigenvalue weighted by atomic mass is 16.3. The van der Waals surface area contributed by atoms with Crippen molar-refractivity contribution in [2.24, 2.45) is 0 Å². The number of rotatable bonds is 3. The second-order valence-corrected chi connectivity index (χ2v) is 4.67. The average molecular weight is 240 g/mol. The number of aliphatic hydroxyl groups is 1. The standard InChI is InChI=1S/C15H16N2O/c1-11-5-6-14(15(16-11)17-7-8-17)13-4-2-3-12(9-13)10-18/h2-6,9,18H,7-8,10H2,1H3. The second-order valence-electron chi connectivity index (χ2n) is 4.67. The summed E-state index contributed by atoms with van der Waals surface area (Å²) in [6, 6.07) is 12.2. The van der Waals surface area contributed by atoms with Gasteiger partial charge >= 0.3 is 0 Å². The van der Waals surface area contributed by atoms with E-state index in [0.29, 0.717) is 0 Å². The number of aryl methyl sites for hydroxylation is 1. The zero-order chi connectivity index (χ0) is 12.5. The van der Waals surface area contributed by atoms with Crippen LogP contribution in [0.4, 0.5) is 5.82 Å². The second kappa shape index (κ2) is 4.42. The first-order valence-electron chi connectivity index (χ1n) is 6.21. The summed E-state index contributed by atoms with van der Waals surface area (Å²) in [5, 5.41) is 9.22. The SMILES string of the molecule is Cc1ccc(-c2cccc(CO)c2)c(N2CC2)n1. The van der Waals surface area contributed by atoms with Crippen molar-refractivity contribution in [3.63, 3.8) is 0 Å². The van der Waals surface area contributed by atoms with Gasteiger partial charge in [-0.1, -0.05) is 18.2 Å². The molecule has 1 aromatic heterocycles. The van der Waals surface area contributed by atoms with Gasteiger partial charge in [0.15, 0.2) is 0 Å². The quantitative estimate of drug-likeness (QED) is 0.837. The molecule has 18 heavy (non-hydrogen) atoms. The maximum absolute atomic E-state index is 9.22. The van der Waals surface area contributed by atoms with Gasteiger partial charge in [0.2, 0.25) is 0 Å². The molecule has 0 spiro atoms. The number of hydrogen-bond donors (Lipinski definition) is 1. The van der Waals surface area contributed by atoms with E-state index in [2.05, 4.69) is 22.0 Å². The zero-order valence-electron chi connectivity index (χ0n) is 10.4. The first-order valence-corrected chi connectivity index (χ1v) is 6.21. The molecule has 1 aliphatic rings. The van der Waals surface area contributed by atoms with E-state index in [1.165, 1.54) is 0 Å². The van der Waals surface area contributed by atoms with Crippen molar-refractivity contribution in [3.05, 3.63) is 47.7 Å². The minimum Gasteiger partial charge on any atom is -0.392 e. The third-order valence-electron chi connectivity index (χ3n) is 3.18. The van der Waals surface area contributed by atoms with Crippen LogP contribution in [-0.4, -0.2) is 23.2 Å². The maximum Gasteiger partial charge on any atom is 0.136 e. The fraction of sp³-hybridized carbons (Fsp3) is 0.267. The number of hydrogen-bond acceptors (Lipinski definition) is 3. The molecule has 1 aliphatic heterocycles. The van der Waals surface area contributed by atoms with Gasteiger partial charge in [0.25, 0.3) is 0 Å². The number of benzene rings is 1. The predicted octanol–water partition coefficient (Wildman–Crippen LogP) is 2.37. The molecule has 1 aromatic carbocycles. The summed E-state index contributed by atoms with van der Waals surface area (Å²) in [6.07, 6.45) is 0. The minimum absolute atomic E-state index is 0.0756. The largest absolute Gasteiger partial charge is 0.392 e. The highest BCUT2D eigenvalue weighted by molar-refractivity contribution is 5.77. The number of aromatic nitrogens is 1. The average Bonchev–Trinajstić information content (AvgIpc) is 3.23. The molecule has 0 atom stereocenters. The van der Waals surface area contributed by atoms with Gasteiger partial charge in [0.05, 0.1) is 6.61 Å². The number of aliphatic hydroxyl groups excluding tert-OH is 1. The van der Waals surface area contributed by atoms with Crippen LogP contribution in [-0.2, 0) is 6.61 Å². The van der Waals surface area contributed by atoms with Crippen LogP contribution in [0.1, 0.15) is 11.3 Å². The number of nitrogens with zero attached hydrogens (tertiary/aromatic N) is 2. The Balaban J connectivity index is 2.09. The predicted molar refractivity (Wildman–Crippen MR) is 72.5 cm³/mol. The lowest BCUT2D eigenvalue weighted by Crippen LogP contribution is -1.99. The molecule has 92 valence electrons. The van der Waals surface area contributed by atoms with Crippen LogP contribution in [0.3, 0.4) is 0 Å². The zero-order valence-corrected chi connectivity index (χ0v) is 10.4. The van der Waals surface area contributed by atoms with E-state index >= 15 is 0 Å². The van der Waals surface area contributed by atoms with Crippen LogP contribution >= 0.6 is 0 Å². The minimum atomic E-state index is 0.0756. The van der Waals surface area contributed by atoms with Gasteiger partial charge < -0.3 is 10.0 Å². The van der Waals surface area contributed by atoms with Crippen molar-refractivity contribution < 1.29 is 5.11 Å². The van der Waals surface area contributed by atoms with Crippen LogP contribution in [0.2, 0.25) is 0 Å². The molecule has 2 heterocycles. The van der Waals surface area contributed by atoms with E-state index < -0.39 is 0 Å². The summed E-state index contributed by atoms with van der Waals surface area (Å²) >= 11 is 0. The lowest BCUT2D eigenvalue weighted by atomic mass is 10.0. The Morgan fingerprint density at radius 2 is 2.06 bits per heavy atom. The van der Waals surface area contributed by atoms with Crippen LogP contribution in [0.5, 0.6) is 0 Å². The summed E-state index contributed by atoms with van der Waals surface area (Å²) in [5.41, 5.74) is 4.24. The Labute approximate surface area is 107 Å². The molecule has 3 nitrogen and oxygen atoms in total. The molecule has 0 radical (unpaired) electrons. The van der Waals surface area contributed by atoms with Gasteiger partial charge in [0.1, 0.15) is 5.82 Å². The highest BCUT2D eigenvalue weighted by Gasteiger charge is 2.23. The van der Waals surface area contributed by atoms with Gasteiger partial charge in [-0.05, 0) is 36.2 Å². The van der Waals surface area contributed by atoms with Crippen LogP contribution in [0, 0.1) is 6.92 Å². The summed E-state index contributed by atoms with van der Waals surface area (Å²) in [5.74, 6) is 1.06. The van der Waals surface area contributed by atoms with Crippen molar-refractivity contribution in [2.45, 2.75) is 13.5 Å². The Morgan fingerprint density at radius 1 is 1.22 bits per heavy atom. The molecule has 0 unspecified atom stereocenters. The molecule has 3 rings (SSSR count). The normalized spacial score (nSPS) is 13.8. The van der Waals surface area contributed by atoms with Gasteiger partial charge in [-0.15, -0.1) is 0 Å². The highest BCUT2D eigenvalue weighted by Crippen LogP contribution is 2.32. The molecule has 3 heteroatoms. The van der Waals surface area contributed by atoms with E-state index in [0.717, 1.165) is 41.3 Å². The van der Waals surface area contributed by atoms with Crippen molar-refractivity contribution in [3.8, 4) is 11.1 Å². The molecular formula is C15H16N2O. The third kappa shape index (κ3) is 2.09. The molecule has 1 N–H and O–H groups in total. The third-order valence-corrected chi connectivity index (χ3v) is 3.18. The Hall–Kier alpha value is -1.87. The molecule has 1 fully saturated rings. The first kappa shape index (κ1) is 11.2. The number of anilines is 1. The molecule has 0 amide bonds. The van der Waals surface area contributed by atoms with E-state index in [1.54, 1.807) is 0 Å². The summed E-state index contributed by atoms with van der Waals surface area (Å²) in [4.78, 5) is 6.89. The van der Waals surface area contributed by atoms with Crippen LogP contribution in [0.25, 0.3) is 11.1 Å².